The minimum Gasteiger partial charge on any atom is -0.352 e. The molecule has 0 fully saturated rings. The maximum atomic E-state index is 13.2. The van der Waals surface area contributed by atoms with E-state index in [1.54, 1.807) is 5.38 Å². The Labute approximate surface area is 220 Å². The second kappa shape index (κ2) is 12.6. The average molecular weight is 551 g/mol. The summed E-state index contributed by atoms with van der Waals surface area (Å²) < 4.78 is 51.8. The predicted molar refractivity (Wildman–Crippen MR) is 135 cm³/mol. The molecule has 0 saturated carbocycles. The number of hydrogen-bond donors (Lipinski definition) is 2. The number of aromatic nitrogens is 1. The van der Waals surface area contributed by atoms with Crippen LogP contribution in [0.5, 0.6) is 0 Å². The molecular formula is C26H26F4N4O3S. The molecule has 0 aliphatic carbocycles. The van der Waals surface area contributed by atoms with E-state index in [0.29, 0.717) is 17.8 Å². The van der Waals surface area contributed by atoms with Crippen LogP contribution in [0.4, 0.5) is 22.7 Å². The van der Waals surface area contributed by atoms with Crippen LogP contribution < -0.4 is 10.6 Å². The van der Waals surface area contributed by atoms with E-state index in [4.69, 9.17) is 0 Å². The van der Waals surface area contributed by atoms with Crippen molar-refractivity contribution < 1.29 is 31.9 Å². The zero-order valence-electron chi connectivity index (χ0n) is 20.6. The van der Waals surface area contributed by atoms with Crippen LogP contribution in [-0.2, 0) is 28.7 Å². The number of hydrogen-bond acceptors (Lipinski definition) is 5. The Balaban J connectivity index is 1.54. The highest BCUT2D eigenvalue weighted by atomic mass is 32.1. The number of carbonyl (C=O) groups is 3. The van der Waals surface area contributed by atoms with Crippen molar-refractivity contribution >= 4 is 34.2 Å². The van der Waals surface area contributed by atoms with Crippen LogP contribution in [0.15, 0.2) is 53.9 Å². The van der Waals surface area contributed by atoms with Crippen molar-refractivity contribution in [2.45, 2.75) is 33.0 Å². The molecule has 0 aliphatic heterocycles. The summed E-state index contributed by atoms with van der Waals surface area (Å²) in [7, 11) is 0. The van der Waals surface area contributed by atoms with Crippen LogP contribution in [0.1, 0.15) is 41.0 Å². The number of nitrogens with zero attached hydrogens (tertiary/aromatic N) is 2. The molecular weight excluding hydrogens is 524 g/mol. The standard InChI is InChI=1S/C26H26F4N4O3S/c1-16(2)13-34(24(37)18-6-8-20(27)9-7-18)14-23(36)33-25-32-21(15-38-25)11-22(35)31-12-17-4-3-5-19(10-17)26(28,29)30/h3-10,15-16H,11-14H2,1-2H3,(H,31,35)(H,32,33,36). The maximum absolute atomic E-state index is 13.2. The summed E-state index contributed by atoms with van der Waals surface area (Å²) in [6.45, 7) is 3.77. The Morgan fingerprint density at radius 1 is 1.05 bits per heavy atom. The highest BCUT2D eigenvalue weighted by Crippen LogP contribution is 2.29. The molecule has 0 radical (unpaired) electrons. The van der Waals surface area contributed by atoms with Crippen LogP contribution in [0.3, 0.4) is 0 Å². The van der Waals surface area contributed by atoms with Crippen molar-refractivity contribution in [3.8, 4) is 0 Å². The van der Waals surface area contributed by atoms with Gasteiger partial charge in [-0.1, -0.05) is 26.0 Å². The number of halogens is 4. The van der Waals surface area contributed by atoms with Gasteiger partial charge >= 0.3 is 6.18 Å². The molecule has 3 amide bonds. The SMILES string of the molecule is CC(C)CN(CC(=O)Nc1nc(CC(=O)NCc2cccc(C(F)(F)F)c2)cs1)C(=O)c1ccc(F)cc1. The minimum absolute atomic E-state index is 0.0770. The second-order valence-corrected chi connectivity index (χ2v) is 9.79. The van der Waals surface area contributed by atoms with Gasteiger partial charge in [0.2, 0.25) is 11.8 Å². The summed E-state index contributed by atoms with van der Waals surface area (Å²) >= 11 is 1.09. The fourth-order valence-corrected chi connectivity index (χ4v) is 4.22. The van der Waals surface area contributed by atoms with E-state index in [1.807, 2.05) is 13.8 Å². The number of rotatable bonds is 10. The van der Waals surface area contributed by atoms with Crippen LogP contribution >= 0.6 is 11.3 Å². The van der Waals surface area contributed by atoms with Crippen molar-refractivity contribution in [2.75, 3.05) is 18.4 Å². The predicted octanol–water partition coefficient (Wildman–Crippen LogP) is 4.90. The lowest BCUT2D eigenvalue weighted by molar-refractivity contribution is -0.137. The van der Waals surface area contributed by atoms with Gasteiger partial charge < -0.3 is 15.5 Å². The first-order valence-corrected chi connectivity index (χ1v) is 12.5. The molecule has 0 bridgehead atoms. The lowest BCUT2D eigenvalue weighted by atomic mass is 10.1. The van der Waals surface area contributed by atoms with Crippen LogP contribution in [0.2, 0.25) is 0 Å². The summed E-state index contributed by atoms with van der Waals surface area (Å²) in [5.74, 6) is -1.74. The Morgan fingerprint density at radius 2 is 1.76 bits per heavy atom. The van der Waals surface area contributed by atoms with Crippen molar-refractivity contribution in [2.24, 2.45) is 5.92 Å². The average Bonchev–Trinajstić information content (AvgIpc) is 3.28. The monoisotopic (exact) mass is 550 g/mol. The van der Waals surface area contributed by atoms with Gasteiger partial charge in [0.25, 0.3) is 5.91 Å². The van der Waals surface area contributed by atoms with E-state index in [0.717, 1.165) is 23.5 Å². The highest BCUT2D eigenvalue weighted by molar-refractivity contribution is 7.13. The Morgan fingerprint density at radius 3 is 2.42 bits per heavy atom. The zero-order chi connectivity index (χ0) is 27.9. The first kappa shape index (κ1) is 28.8. The number of thiazole rings is 1. The summed E-state index contributed by atoms with van der Waals surface area (Å²) in [5, 5.41) is 6.97. The van der Waals surface area contributed by atoms with Gasteiger partial charge in [0.05, 0.1) is 17.7 Å². The lowest BCUT2D eigenvalue weighted by Gasteiger charge is -2.24. The molecule has 3 rings (SSSR count). The van der Waals surface area contributed by atoms with E-state index in [9.17, 15) is 31.9 Å². The third kappa shape index (κ3) is 8.65. The topological polar surface area (TPSA) is 91.4 Å². The van der Waals surface area contributed by atoms with Gasteiger partial charge in [-0.25, -0.2) is 9.37 Å². The summed E-state index contributed by atoms with van der Waals surface area (Å²) in [6.07, 6.45) is -4.60. The molecule has 7 nitrogen and oxygen atoms in total. The Bertz CT molecular complexity index is 1280. The molecule has 12 heteroatoms. The van der Waals surface area contributed by atoms with Gasteiger partial charge in [0, 0.05) is 24.0 Å². The number of alkyl halides is 3. The fraction of sp³-hybridized carbons (Fsp3) is 0.308. The quantitative estimate of drug-likeness (QED) is 0.352. The van der Waals surface area contributed by atoms with E-state index >= 15 is 0 Å². The van der Waals surface area contributed by atoms with Gasteiger partial charge in [-0.15, -0.1) is 11.3 Å². The lowest BCUT2D eigenvalue weighted by Crippen LogP contribution is -2.40. The van der Waals surface area contributed by atoms with Crippen molar-refractivity contribution in [3.05, 3.63) is 82.1 Å². The number of amides is 3. The summed E-state index contributed by atoms with van der Waals surface area (Å²) in [4.78, 5) is 43.3. The van der Waals surface area contributed by atoms with Gasteiger partial charge in [0.15, 0.2) is 5.13 Å². The molecule has 1 aromatic heterocycles. The molecule has 202 valence electrons. The first-order chi connectivity index (χ1) is 17.9. The molecule has 0 atom stereocenters. The van der Waals surface area contributed by atoms with Crippen molar-refractivity contribution in [1.29, 1.82) is 0 Å². The number of carbonyl (C=O) groups excluding carboxylic acids is 3. The largest absolute Gasteiger partial charge is 0.416 e. The Hall–Kier alpha value is -3.80. The third-order valence-electron chi connectivity index (χ3n) is 5.18. The third-order valence-corrected chi connectivity index (χ3v) is 5.99. The van der Waals surface area contributed by atoms with E-state index in [1.165, 1.54) is 41.3 Å². The number of benzene rings is 2. The molecule has 0 saturated heterocycles. The molecule has 1 heterocycles. The zero-order valence-corrected chi connectivity index (χ0v) is 21.5. The van der Waals surface area contributed by atoms with Gasteiger partial charge in [0.1, 0.15) is 12.4 Å². The number of anilines is 1. The number of nitrogens with one attached hydrogen (secondary N) is 2. The van der Waals surface area contributed by atoms with Gasteiger partial charge in [-0.05, 0) is 47.9 Å². The molecule has 2 N–H and O–H groups in total. The second-order valence-electron chi connectivity index (χ2n) is 8.93. The molecule has 38 heavy (non-hydrogen) atoms. The minimum atomic E-state index is -4.47. The molecule has 2 aromatic carbocycles. The summed E-state index contributed by atoms with van der Waals surface area (Å²) in [5.41, 5.74) is 0.136. The normalized spacial score (nSPS) is 11.3. The molecule has 0 aliphatic rings. The Kier molecular flexibility index (Phi) is 9.56. The highest BCUT2D eigenvalue weighted by Gasteiger charge is 2.30. The van der Waals surface area contributed by atoms with Crippen LogP contribution in [0.25, 0.3) is 0 Å². The smallest absolute Gasteiger partial charge is 0.352 e. The molecule has 3 aromatic rings. The van der Waals surface area contributed by atoms with Crippen molar-refractivity contribution in [3.63, 3.8) is 0 Å². The van der Waals surface area contributed by atoms with Crippen molar-refractivity contribution in [1.82, 2.24) is 15.2 Å². The first-order valence-electron chi connectivity index (χ1n) is 11.6. The van der Waals surface area contributed by atoms with E-state index in [-0.39, 0.29) is 36.1 Å². The molecule has 0 unspecified atom stereocenters. The van der Waals surface area contributed by atoms with Gasteiger partial charge in [-0.2, -0.15) is 13.2 Å². The van der Waals surface area contributed by atoms with E-state index < -0.39 is 35.3 Å². The molecule has 0 spiro atoms. The van der Waals surface area contributed by atoms with E-state index in [2.05, 4.69) is 15.6 Å². The summed E-state index contributed by atoms with van der Waals surface area (Å²) in [6, 6.07) is 9.74. The van der Waals surface area contributed by atoms with Crippen LogP contribution in [-0.4, -0.2) is 40.7 Å². The van der Waals surface area contributed by atoms with Gasteiger partial charge in [-0.3, -0.25) is 14.4 Å². The maximum Gasteiger partial charge on any atom is 0.416 e. The fourth-order valence-electron chi connectivity index (χ4n) is 3.50. The van der Waals surface area contributed by atoms with Crippen LogP contribution in [0, 0.1) is 11.7 Å².